The first-order valence-corrected chi connectivity index (χ1v) is 13.7. The number of halogens is 1. The van der Waals surface area contributed by atoms with Crippen molar-refractivity contribution in [1.29, 1.82) is 5.26 Å². The molecule has 1 spiro atoms. The normalized spacial score (nSPS) is 26.8. The van der Waals surface area contributed by atoms with Gasteiger partial charge in [0.05, 0.1) is 18.0 Å². The monoisotopic (exact) mass is 507 g/mol. The van der Waals surface area contributed by atoms with Gasteiger partial charge in [-0.15, -0.1) is 0 Å². The van der Waals surface area contributed by atoms with Gasteiger partial charge in [-0.05, 0) is 113 Å². The van der Waals surface area contributed by atoms with Gasteiger partial charge in [-0.1, -0.05) is 18.2 Å². The van der Waals surface area contributed by atoms with Crippen molar-refractivity contribution in [3.05, 3.63) is 41.2 Å². The number of amides is 1. The fraction of sp³-hybridized carbons (Fsp3) is 0.633. The Bertz CT molecular complexity index is 1140. The fourth-order valence-corrected chi connectivity index (χ4v) is 6.84. The van der Waals surface area contributed by atoms with Crippen LogP contribution in [0.5, 0.6) is 0 Å². The highest BCUT2D eigenvalue weighted by Crippen LogP contribution is 2.50. The Morgan fingerprint density at radius 3 is 2.65 bits per heavy atom. The minimum Gasteiger partial charge on any atom is -0.444 e. The summed E-state index contributed by atoms with van der Waals surface area (Å²) in [5.41, 5.74) is 2.18. The summed E-state index contributed by atoms with van der Waals surface area (Å²) in [6, 6.07) is 6.96. The molecule has 6 nitrogen and oxygen atoms in total. The van der Waals surface area contributed by atoms with Crippen molar-refractivity contribution < 1.29 is 18.7 Å². The van der Waals surface area contributed by atoms with Gasteiger partial charge in [0.2, 0.25) is 0 Å². The number of Topliss-reactive ketones (excluding diaryl/α,β-unsaturated/α-hetero) is 1. The zero-order valence-electron chi connectivity index (χ0n) is 22.2. The minimum atomic E-state index is -0.645. The number of ketones is 1. The molecule has 198 valence electrons. The molecule has 0 radical (unpaired) electrons. The molecule has 1 aromatic carbocycles. The van der Waals surface area contributed by atoms with Crippen LogP contribution in [-0.2, 0) is 16.0 Å². The van der Waals surface area contributed by atoms with Crippen molar-refractivity contribution in [2.45, 2.75) is 89.8 Å². The van der Waals surface area contributed by atoms with E-state index in [1.165, 1.54) is 5.57 Å². The van der Waals surface area contributed by atoms with E-state index in [4.69, 9.17) is 4.74 Å². The molecule has 1 amide bonds. The third-order valence-corrected chi connectivity index (χ3v) is 8.66. The third kappa shape index (κ3) is 5.31. The van der Waals surface area contributed by atoms with Crippen molar-refractivity contribution in [2.75, 3.05) is 13.1 Å². The first-order chi connectivity index (χ1) is 17.6. The third-order valence-electron chi connectivity index (χ3n) is 8.66. The molecule has 1 aromatic rings. The number of nitrogens with one attached hydrogen (secondary N) is 1. The van der Waals surface area contributed by atoms with E-state index in [2.05, 4.69) is 17.5 Å². The second-order valence-electron chi connectivity index (χ2n) is 12.5. The molecule has 2 aliphatic heterocycles. The highest BCUT2D eigenvalue weighted by molar-refractivity contribution is 5.89. The largest absolute Gasteiger partial charge is 0.444 e. The number of allylic oxidation sites excluding steroid dienone is 2. The molecule has 7 heteroatoms. The lowest BCUT2D eigenvalue weighted by atomic mass is 9.64. The van der Waals surface area contributed by atoms with E-state index < -0.39 is 23.7 Å². The Hall–Kier alpha value is -2.72. The van der Waals surface area contributed by atoms with Crippen molar-refractivity contribution in [3.8, 4) is 6.07 Å². The van der Waals surface area contributed by atoms with Crippen molar-refractivity contribution in [3.63, 3.8) is 0 Å². The second-order valence-corrected chi connectivity index (χ2v) is 12.5. The maximum absolute atomic E-state index is 15.1. The maximum Gasteiger partial charge on any atom is 0.411 e. The molecule has 4 aliphatic rings. The molecule has 5 rings (SSSR count). The molecule has 1 N–H and O–H groups in total. The van der Waals surface area contributed by atoms with E-state index in [-0.39, 0.29) is 41.8 Å². The highest BCUT2D eigenvalue weighted by Gasteiger charge is 2.52. The zero-order valence-corrected chi connectivity index (χ0v) is 22.2. The maximum atomic E-state index is 15.1. The Kier molecular flexibility index (Phi) is 6.91. The Morgan fingerprint density at radius 2 is 2.00 bits per heavy atom. The number of hydrogen-bond donors (Lipinski definition) is 1. The van der Waals surface area contributed by atoms with Crippen LogP contribution >= 0.6 is 0 Å². The van der Waals surface area contributed by atoms with Crippen LogP contribution in [0.1, 0.15) is 76.8 Å². The number of carbonyl (C=O) groups is 2. The summed E-state index contributed by atoms with van der Waals surface area (Å²) in [5.74, 6) is -0.978. The van der Waals surface area contributed by atoms with Gasteiger partial charge in [0, 0.05) is 12.5 Å². The van der Waals surface area contributed by atoms with E-state index in [0.717, 1.165) is 57.2 Å². The number of fused-ring (bicyclic) bond motifs is 2. The van der Waals surface area contributed by atoms with E-state index in [9.17, 15) is 14.9 Å². The molecule has 4 atom stereocenters. The first kappa shape index (κ1) is 25.9. The zero-order chi connectivity index (χ0) is 26.4. The van der Waals surface area contributed by atoms with Gasteiger partial charge in [-0.3, -0.25) is 9.69 Å². The summed E-state index contributed by atoms with van der Waals surface area (Å²) in [6.07, 6.45) is 7.86. The summed E-state index contributed by atoms with van der Waals surface area (Å²) < 4.78 is 20.7. The van der Waals surface area contributed by atoms with Gasteiger partial charge >= 0.3 is 6.09 Å². The minimum absolute atomic E-state index is 0.00653. The molecule has 2 bridgehead atoms. The Morgan fingerprint density at radius 1 is 1.27 bits per heavy atom. The molecule has 2 aliphatic carbocycles. The first-order valence-electron chi connectivity index (χ1n) is 13.7. The predicted molar refractivity (Wildman–Crippen MR) is 139 cm³/mol. The molecule has 37 heavy (non-hydrogen) atoms. The van der Waals surface area contributed by atoms with Crippen LogP contribution in [-0.4, -0.2) is 47.6 Å². The number of nitrogens with zero attached hydrogens (tertiary/aromatic N) is 2. The molecule has 3 fully saturated rings. The van der Waals surface area contributed by atoms with Gasteiger partial charge in [-0.25, -0.2) is 9.18 Å². The predicted octanol–water partition coefficient (Wildman–Crippen LogP) is 5.41. The van der Waals surface area contributed by atoms with E-state index in [1.807, 2.05) is 26.8 Å². The van der Waals surface area contributed by atoms with Gasteiger partial charge in [0.25, 0.3) is 0 Å². The van der Waals surface area contributed by atoms with Gasteiger partial charge in [0.1, 0.15) is 11.4 Å². The molecular formula is C30H38FN3O3. The number of hydrogen-bond acceptors (Lipinski definition) is 5. The van der Waals surface area contributed by atoms with Crippen LogP contribution in [0.15, 0.2) is 24.3 Å². The number of benzene rings is 1. The number of piperidine rings is 2. The van der Waals surface area contributed by atoms with E-state index in [0.29, 0.717) is 5.56 Å². The molecule has 0 aromatic heterocycles. The molecular weight excluding hydrogens is 469 g/mol. The standard InChI is InChI=1S/C30H38FN3O3/c1-29(2,3)37-28(36)34-24-7-6-22(14-24)27(34)26(35)13-19(18-32)12-21-5-4-20(15-25(21)31)23-16-30(17-23)8-10-33-11-9-30/h4-5,15-16,19,22,24,27,33H,6-14,17H2,1-3H3/t19-,22+,24-,27+/m1/s1. The smallest absolute Gasteiger partial charge is 0.411 e. The number of nitriles is 1. The fourth-order valence-electron chi connectivity index (χ4n) is 6.84. The van der Waals surface area contributed by atoms with Crippen LogP contribution in [0.4, 0.5) is 9.18 Å². The molecule has 0 unspecified atom stereocenters. The molecule has 2 saturated heterocycles. The lowest BCUT2D eigenvalue weighted by molar-refractivity contribution is -0.126. The summed E-state index contributed by atoms with van der Waals surface area (Å²) in [6.45, 7) is 7.50. The number of likely N-dealkylation sites (tertiary alicyclic amines) is 1. The topological polar surface area (TPSA) is 82.4 Å². The van der Waals surface area contributed by atoms with Crippen molar-refractivity contribution >= 4 is 17.4 Å². The van der Waals surface area contributed by atoms with Crippen molar-refractivity contribution in [1.82, 2.24) is 10.2 Å². The number of ether oxygens (including phenoxy) is 1. The quantitative estimate of drug-likeness (QED) is 0.557. The van der Waals surface area contributed by atoms with E-state index in [1.54, 1.807) is 17.0 Å². The van der Waals surface area contributed by atoms with Gasteiger partial charge < -0.3 is 10.1 Å². The SMILES string of the molecule is CC(C)(C)OC(=O)N1[C@@H]2CC[C@@H](C2)[C@H]1C(=O)C[C@H](C#N)Cc1ccc(C2=CC3(CCNCC3)C2)cc1F. The summed E-state index contributed by atoms with van der Waals surface area (Å²) in [5, 5.41) is 13.2. The number of carbonyl (C=O) groups excluding carboxylic acids is 2. The second kappa shape index (κ2) is 9.87. The lowest BCUT2D eigenvalue weighted by Crippen LogP contribution is -2.51. The van der Waals surface area contributed by atoms with E-state index >= 15 is 4.39 Å². The van der Waals surface area contributed by atoms with Crippen LogP contribution in [0.25, 0.3) is 5.57 Å². The van der Waals surface area contributed by atoms with Gasteiger partial charge in [0.15, 0.2) is 5.78 Å². The molecule has 1 saturated carbocycles. The Labute approximate surface area is 219 Å². The number of rotatable bonds is 6. The average molecular weight is 508 g/mol. The Balaban J connectivity index is 1.24. The lowest BCUT2D eigenvalue weighted by Gasteiger charge is -2.43. The van der Waals surface area contributed by atoms with Gasteiger partial charge in [-0.2, -0.15) is 5.26 Å². The summed E-state index contributed by atoms with van der Waals surface area (Å²) >= 11 is 0. The summed E-state index contributed by atoms with van der Waals surface area (Å²) in [7, 11) is 0. The van der Waals surface area contributed by atoms with Crippen molar-refractivity contribution in [2.24, 2.45) is 17.3 Å². The van der Waals surface area contributed by atoms with Crippen LogP contribution in [0.2, 0.25) is 0 Å². The van der Waals surface area contributed by atoms with Crippen LogP contribution in [0, 0.1) is 34.4 Å². The van der Waals surface area contributed by atoms with Crippen LogP contribution in [0.3, 0.4) is 0 Å². The summed E-state index contributed by atoms with van der Waals surface area (Å²) in [4.78, 5) is 27.9. The molecule has 2 heterocycles. The highest BCUT2D eigenvalue weighted by atomic mass is 19.1. The average Bonchev–Trinajstić information content (AvgIpc) is 3.44. The van der Waals surface area contributed by atoms with Crippen LogP contribution < -0.4 is 5.32 Å².